The molecule has 2 unspecified atom stereocenters. The van der Waals surface area contributed by atoms with Crippen LogP contribution in [0.15, 0.2) is 72.1 Å². The smallest absolute Gasteiger partial charge is 0.426 e. The summed E-state index contributed by atoms with van der Waals surface area (Å²) < 4.78 is 60.1. The third-order valence-electron chi connectivity index (χ3n) is 5.41. The highest BCUT2D eigenvalue weighted by Gasteiger charge is 2.67. The Morgan fingerprint density at radius 2 is 1.59 bits per heavy atom. The molecule has 2 heterocycles. The van der Waals surface area contributed by atoms with Crippen molar-refractivity contribution in [1.82, 2.24) is 4.90 Å². The second-order valence-corrected chi connectivity index (χ2v) is 7.07. The summed E-state index contributed by atoms with van der Waals surface area (Å²) in [5, 5.41) is 0. The van der Waals surface area contributed by atoms with Crippen molar-refractivity contribution in [3.05, 3.63) is 88.8 Å². The molecule has 2 aromatic carbocycles. The summed E-state index contributed by atoms with van der Waals surface area (Å²) in [7, 11) is 1.96. The summed E-state index contributed by atoms with van der Waals surface area (Å²) in [5.41, 5.74) is -4.27. The fraction of sp³-hybridized carbons (Fsp3) is 0.217. The van der Waals surface area contributed by atoms with Gasteiger partial charge in [0.15, 0.2) is 6.23 Å². The maximum atomic E-state index is 14.9. The SMILES string of the molecule is COC(=O)C1=C(C(=O)OC)C(c2ccccc2)(C(F)(F)F)OC2c3ccccc3C=CN12. The van der Waals surface area contributed by atoms with E-state index in [1.807, 2.05) is 0 Å². The lowest BCUT2D eigenvalue weighted by Crippen LogP contribution is -2.56. The van der Waals surface area contributed by atoms with E-state index >= 15 is 0 Å². The lowest BCUT2D eigenvalue weighted by Gasteiger charge is -2.48. The maximum Gasteiger partial charge on any atom is 0.426 e. The van der Waals surface area contributed by atoms with Gasteiger partial charge in [0.2, 0.25) is 5.60 Å². The summed E-state index contributed by atoms with van der Waals surface area (Å²) in [6.45, 7) is 0. The zero-order valence-electron chi connectivity index (χ0n) is 17.1. The van der Waals surface area contributed by atoms with Crippen LogP contribution in [-0.2, 0) is 29.4 Å². The van der Waals surface area contributed by atoms with Gasteiger partial charge in [0, 0.05) is 11.8 Å². The van der Waals surface area contributed by atoms with Crippen LogP contribution in [0, 0.1) is 0 Å². The number of benzene rings is 2. The number of nitrogens with zero attached hydrogens (tertiary/aromatic N) is 1. The summed E-state index contributed by atoms with van der Waals surface area (Å²) in [4.78, 5) is 26.8. The quantitative estimate of drug-likeness (QED) is 0.664. The highest BCUT2D eigenvalue weighted by molar-refractivity contribution is 6.02. The molecule has 0 radical (unpaired) electrons. The molecule has 0 fully saturated rings. The number of methoxy groups -OCH3 is 2. The average molecular weight is 445 g/mol. The van der Waals surface area contributed by atoms with E-state index in [1.54, 1.807) is 30.3 Å². The second-order valence-electron chi connectivity index (χ2n) is 7.07. The van der Waals surface area contributed by atoms with Crippen molar-refractivity contribution in [2.75, 3.05) is 14.2 Å². The Kier molecular flexibility index (Phi) is 5.29. The predicted octanol–water partition coefficient (Wildman–Crippen LogP) is 4.06. The van der Waals surface area contributed by atoms with E-state index in [9.17, 15) is 22.8 Å². The van der Waals surface area contributed by atoms with Crippen LogP contribution < -0.4 is 0 Å². The summed E-state index contributed by atoms with van der Waals surface area (Å²) in [6, 6.07) is 13.4. The molecule has 0 amide bonds. The lowest BCUT2D eigenvalue weighted by atomic mass is 9.81. The standard InChI is InChI=1S/C23H18F3NO5/c1-30-20(28)17-18(21(29)31-2)27-13-12-14-8-6-7-11-16(14)19(27)32-22(17,23(24,25)26)15-9-4-3-5-10-15/h3-13,19H,1-2H3. The van der Waals surface area contributed by atoms with Gasteiger partial charge in [-0.3, -0.25) is 0 Å². The minimum Gasteiger partial charge on any atom is -0.466 e. The Hall–Kier alpha value is -3.59. The number of carbonyl (C=O) groups excluding carboxylic acids is 2. The number of rotatable bonds is 3. The number of esters is 2. The number of fused-ring (bicyclic) bond motifs is 3. The fourth-order valence-corrected chi connectivity index (χ4v) is 4.01. The molecule has 0 bridgehead atoms. The molecule has 0 saturated heterocycles. The molecule has 9 heteroatoms. The average Bonchev–Trinajstić information content (AvgIpc) is 2.81. The Morgan fingerprint density at radius 3 is 2.22 bits per heavy atom. The van der Waals surface area contributed by atoms with Crippen LogP contribution in [0.4, 0.5) is 13.2 Å². The van der Waals surface area contributed by atoms with E-state index in [0.29, 0.717) is 11.1 Å². The largest absolute Gasteiger partial charge is 0.466 e. The van der Waals surface area contributed by atoms with Crippen molar-refractivity contribution in [3.8, 4) is 0 Å². The normalized spacial score (nSPS) is 22.2. The van der Waals surface area contributed by atoms with Crippen LogP contribution >= 0.6 is 0 Å². The van der Waals surface area contributed by atoms with Crippen LogP contribution in [0.3, 0.4) is 0 Å². The van der Waals surface area contributed by atoms with Gasteiger partial charge in [-0.05, 0) is 17.2 Å². The van der Waals surface area contributed by atoms with Crippen molar-refractivity contribution in [3.63, 3.8) is 0 Å². The molecule has 166 valence electrons. The topological polar surface area (TPSA) is 65.1 Å². The Morgan fingerprint density at radius 1 is 0.969 bits per heavy atom. The van der Waals surface area contributed by atoms with E-state index in [4.69, 9.17) is 14.2 Å². The third-order valence-corrected chi connectivity index (χ3v) is 5.41. The first-order valence-electron chi connectivity index (χ1n) is 9.53. The second kappa shape index (κ2) is 7.83. The molecule has 0 N–H and O–H groups in total. The summed E-state index contributed by atoms with van der Waals surface area (Å²) in [5.74, 6) is -2.50. The van der Waals surface area contributed by atoms with Crippen molar-refractivity contribution in [2.24, 2.45) is 0 Å². The van der Waals surface area contributed by atoms with Gasteiger partial charge in [0.05, 0.1) is 14.2 Å². The van der Waals surface area contributed by atoms with E-state index in [1.165, 1.54) is 36.5 Å². The molecule has 0 aliphatic carbocycles. The highest BCUT2D eigenvalue weighted by Crippen LogP contribution is 2.56. The van der Waals surface area contributed by atoms with Crippen molar-refractivity contribution < 1.29 is 37.0 Å². The minimum absolute atomic E-state index is 0.374. The van der Waals surface area contributed by atoms with Crippen LogP contribution in [-0.4, -0.2) is 37.2 Å². The Labute approximate surface area is 181 Å². The first-order valence-corrected chi connectivity index (χ1v) is 9.53. The van der Waals surface area contributed by atoms with Crippen LogP contribution in [0.2, 0.25) is 0 Å². The first kappa shape index (κ1) is 21.6. The molecule has 2 atom stereocenters. The van der Waals surface area contributed by atoms with Gasteiger partial charge < -0.3 is 19.1 Å². The first-order chi connectivity index (χ1) is 15.3. The Balaban J connectivity index is 2.14. The van der Waals surface area contributed by atoms with Crippen LogP contribution in [0.5, 0.6) is 0 Å². The van der Waals surface area contributed by atoms with Gasteiger partial charge in [0.1, 0.15) is 11.3 Å². The van der Waals surface area contributed by atoms with Gasteiger partial charge in [0.25, 0.3) is 0 Å². The minimum atomic E-state index is -5.14. The zero-order chi connectivity index (χ0) is 23.1. The molecule has 2 aliphatic rings. The molecule has 6 nitrogen and oxygen atoms in total. The van der Waals surface area contributed by atoms with Gasteiger partial charge in [-0.25, -0.2) is 9.59 Å². The van der Waals surface area contributed by atoms with Gasteiger partial charge in [-0.15, -0.1) is 0 Å². The van der Waals surface area contributed by atoms with Crippen LogP contribution in [0.25, 0.3) is 6.08 Å². The molecule has 0 saturated carbocycles. The molecule has 2 aromatic rings. The summed E-state index contributed by atoms with van der Waals surface area (Å²) >= 11 is 0. The van der Waals surface area contributed by atoms with E-state index < -0.39 is 41.2 Å². The monoisotopic (exact) mass is 445 g/mol. The maximum absolute atomic E-state index is 14.9. The fourth-order valence-electron chi connectivity index (χ4n) is 4.01. The van der Waals surface area contributed by atoms with Crippen molar-refractivity contribution >= 4 is 18.0 Å². The molecule has 0 spiro atoms. The number of ether oxygens (including phenoxy) is 3. The molecular weight excluding hydrogens is 427 g/mol. The predicted molar refractivity (Wildman–Crippen MR) is 106 cm³/mol. The molecule has 0 aromatic heterocycles. The van der Waals surface area contributed by atoms with Gasteiger partial charge in [-0.2, -0.15) is 13.2 Å². The number of halogens is 3. The van der Waals surface area contributed by atoms with Gasteiger partial charge in [-0.1, -0.05) is 54.6 Å². The summed E-state index contributed by atoms with van der Waals surface area (Å²) in [6.07, 6.45) is -3.51. The zero-order valence-corrected chi connectivity index (χ0v) is 17.1. The number of hydrogen-bond donors (Lipinski definition) is 0. The van der Waals surface area contributed by atoms with E-state index in [2.05, 4.69) is 0 Å². The van der Waals surface area contributed by atoms with Crippen LogP contribution in [0.1, 0.15) is 22.9 Å². The lowest BCUT2D eigenvalue weighted by molar-refractivity contribution is -0.303. The van der Waals surface area contributed by atoms with Crippen molar-refractivity contribution in [1.29, 1.82) is 0 Å². The number of alkyl halides is 3. The molecule has 4 rings (SSSR count). The molecule has 32 heavy (non-hydrogen) atoms. The molecule has 2 aliphatic heterocycles. The van der Waals surface area contributed by atoms with Crippen molar-refractivity contribution in [2.45, 2.75) is 18.0 Å². The highest BCUT2D eigenvalue weighted by atomic mass is 19.4. The number of carbonyl (C=O) groups is 2. The van der Waals surface area contributed by atoms with E-state index in [-0.39, 0.29) is 5.56 Å². The van der Waals surface area contributed by atoms with E-state index in [0.717, 1.165) is 19.1 Å². The molecular formula is C23H18F3NO5. The Bertz CT molecular complexity index is 1130. The third kappa shape index (κ3) is 3.08. The van der Waals surface area contributed by atoms with Gasteiger partial charge >= 0.3 is 18.1 Å². The number of hydrogen-bond acceptors (Lipinski definition) is 6.